The highest BCUT2D eigenvalue weighted by atomic mass is 35.5. The number of halogens is 2. The van der Waals surface area contributed by atoms with Crippen molar-refractivity contribution in [3.8, 4) is 6.07 Å². The molecule has 1 nitrogen and oxygen atoms in total. The summed E-state index contributed by atoms with van der Waals surface area (Å²) in [7, 11) is 0. The monoisotopic (exact) mass is 225 g/mol. The Kier molecular flexibility index (Phi) is 2.40. The molecular weight excluding hydrogens is 221 g/mol. The molecule has 0 saturated heterocycles. The van der Waals surface area contributed by atoms with Gasteiger partial charge in [0.2, 0.25) is 0 Å². The molecule has 4 heteroatoms. The number of alkyl halides is 1. The molecule has 0 radical (unpaired) electrons. The molecule has 1 aromatic heterocycles. The Morgan fingerprint density at radius 3 is 3.00 bits per heavy atom. The second kappa shape index (κ2) is 3.56. The van der Waals surface area contributed by atoms with Gasteiger partial charge < -0.3 is 0 Å². The molecule has 0 bridgehead atoms. The van der Waals surface area contributed by atoms with E-state index in [1.807, 2.05) is 6.07 Å². The Hall–Kier alpha value is -1.11. The fourth-order valence-corrected chi connectivity index (χ4v) is 2.42. The van der Waals surface area contributed by atoms with Crippen LogP contribution in [0.15, 0.2) is 17.5 Å². The maximum Gasteiger partial charge on any atom is 0.145 e. The molecule has 0 unspecified atom stereocenters. The zero-order valence-electron chi connectivity index (χ0n) is 7.05. The van der Waals surface area contributed by atoms with Crippen LogP contribution in [0.3, 0.4) is 0 Å². The molecule has 0 aliphatic rings. The van der Waals surface area contributed by atoms with Crippen LogP contribution in [0.2, 0.25) is 0 Å². The van der Waals surface area contributed by atoms with Crippen molar-refractivity contribution in [2.75, 3.05) is 0 Å². The van der Waals surface area contributed by atoms with Crippen LogP contribution >= 0.6 is 22.9 Å². The summed E-state index contributed by atoms with van der Waals surface area (Å²) in [4.78, 5) is 0. The number of thiophene rings is 1. The number of fused-ring (bicyclic) bond motifs is 1. The van der Waals surface area contributed by atoms with E-state index >= 15 is 0 Å². The molecule has 0 spiro atoms. The fourth-order valence-electron chi connectivity index (χ4n) is 1.34. The van der Waals surface area contributed by atoms with E-state index in [9.17, 15) is 4.39 Å². The van der Waals surface area contributed by atoms with Gasteiger partial charge in [-0.25, -0.2) is 4.39 Å². The van der Waals surface area contributed by atoms with Crippen LogP contribution in [0, 0.1) is 17.1 Å². The van der Waals surface area contributed by atoms with Crippen LogP contribution in [-0.4, -0.2) is 0 Å². The van der Waals surface area contributed by atoms with Gasteiger partial charge in [-0.05, 0) is 17.5 Å². The Balaban J connectivity index is 2.89. The van der Waals surface area contributed by atoms with Gasteiger partial charge in [0.1, 0.15) is 5.82 Å². The summed E-state index contributed by atoms with van der Waals surface area (Å²) >= 11 is 6.87. The lowest BCUT2D eigenvalue weighted by atomic mass is 10.1. The van der Waals surface area contributed by atoms with E-state index in [1.54, 1.807) is 11.4 Å². The molecule has 0 saturated carbocycles. The van der Waals surface area contributed by atoms with Crippen molar-refractivity contribution in [2.24, 2.45) is 0 Å². The van der Waals surface area contributed by atoms with Crippen molar-refractivity contribution in [3.05, 3.63) is 34.5 Å². The fraction of sp³-hybridized carbons (Fsp3) is 0.100. The zero-order chi connectivity index (χ0) is 10.1. The van der Waals surface area contributed by atoms with E-state index in [1.165, 1.54) is 17.4 Å². The number of nitrogens with zero attached hydrogens (tertiary/aromatic N) is 1. The number of nitriles is 1. The Morgan fingerprint density at radius 1 is 1.57 bits per heavy atom. The van der Waals surface area contributed by atoms with Crippen molar-refractivity contribution < 1.29 is 4.39 Å². The molecule has 1 aromatic carbocycles. The van der Waals surface area contributed by atoms with Gasteiger partial charge >= 0.3 is 0 Å². The highest BCUT2D eigenvalue weighted by molar-refractivity contribution is 7.17. The van der Waals surface area contributed by atoms with Crippen molar-refractivity contribution in [2.45, 2.75) is 5.88 Å². The zero-order valence-corrected chi connectivity index (χ0v) is 8.62. The largest absolute Gasteiger partial charge is 0.205 e. The first-order valence-electron chi connectivity index (χ1n) is 3.92. The summed E-state index contributed by atoms with van der Waals surface area (Å²) in [6.07, 6.45) is 0. The first kappa shape index (κ1) is 9.45. The van der Waals surface area contributed by atoms with Gasteiger partial charge in [-0.15, -0.1) is 22.9 Å². The smallest absolute Gasteiger partial charge is 0.145 e. The van der Waals surface area contributed by atoms with E-state index in [0.29, 0.717) is 21.2 Å². The van der Waals surface area contributed by atoms with Gasteiger partial charge in [0.25, 0.3) is 0 Å². The van der Waals surface area contributed by atoms with Gasteiger partial charge in [0.15, 0.2) is 0 Å². The van der Waals surface area contributed by atoms with Crippen LogP contribution in [-0.2, 0) is 5.88 Å². The summed E-state index contributed by atoms with van der Waals surface area (Å²) in [6, 6.07) is 5.30. The number of benzene rings is 1. The predicted molar refractivity (Wildman–Crippen MR) is 56.1 cm³/mol. The van der Waals surface area contributed by atoms with E-state index in [4.69, 9.17) is 16.9 Å². The highest BCUT2D eigenvalue weighted by Crippen LogP contribution is 2.30. The minimum atomic E-state index is -0.302. The van der Waals surface area contributed by atoms with E-state index in [-0.39, 0.29) is 11.7 Å². The van der Waals surface area contributed by atoms with E-state index < -0.39 is 0 Å². The Morgan fingerprint density at radius 2 is 2.36 bits per heavy atom. The first-order valence-corrected chi connectivity index (χ1v) is 5.34. The first-order chi connectivity index (χ1) is 6.77. The second-order valence-electron chi connectivity index (χ2n) is 2.81. The average Bonchev–Trinajstić information content (AvgIpc) is 2.68. The molecule has 0 atom stereocenters. The SMILES string of the molecule is N#Cc1cc(CCl)c(F)c2sccc12. The maximum atomic E-state index is 13.6. The summed E-state index contributed by atoms with van der Waals surface area (Å²) < 4.78 is 14.1. The predicted octanol–water partition coefficient (Wildman–Crippen LogP) is 3.65. The molecule has 0 aliphatic carbocycles. The third-order valence-electron chi connectivity index (χ3n) is 2.02. The Bertz CT molecular complexity index is 527. The minimum absolute atomic E-state index is 0.0916. The van der Waals surface area contributed by atoms with Crippen molar-refractivity contribution >= 4 is 33.0 Å². The van der Waals surface area contributed by atoms with E-state index in [0.717, 1.165) is 0 Å². The summed E-state index contributed by atoms with van der Waals surface area (Å²) in [5, 5.41) is 11.3. The number of hydrogen-bond donors (Lipinski definition) is 0. The summed E-state index contributed by atoms with van der Waals surface area (Å²) in [6.45, 7) is 0. The lowest BCUT2D eigenvalue weighted by Crippen LogP contribution is -1.89. The quantitative estimate of drug-likeness (QED) is 0.680. The van der Waals surface area contributed by atoms with Crippen molar-refractivity contribution in [1.82, 2.24) is 0 Å². The molecule has 70 valence electrons. The average molecular weight is 226 g/mol. The van der Waals surface area contributed by atoms with E-state index in [2.05, 4.69) is 0 Å². The number of rotatable bonds is 1. The third-order valence-corrected chi connectivity index (χ3v) is 3.21. The molecule has 1 heterocycles. The minimum Gasteiger partial charge on any atom is -0.205 e. The van der Waals surface area contributed by atoms with Crippen LogP contribution in [0.5, 0.6) is 0 Å². The van der Waals surface area contributed by atoms with Crippen LogP contribution in [0.4, 0.5) is 4.39 Å². The normalized spacial score (nSPS) is 10.4. The lowest BCUT2D eigenvalue weighted by molar-refractivity contribution is 0.631. The molecule has 2 aromatic rings. The van der Waals surface area contributed by atoms with Gasteiger partial charge in [0, 0.05) is 10.9 Å². The highest BCUT2D eigenvalue weighted by Gasteiger charge is 2.11. The van der Waals surface area contributed by atoms with Crippen LogP contribution in [0.1, 0.15) is 11.1 Å². The molecule has 14 heavy (non-hydrogen) atoms. The molecule has 0 fully saturated rings. The van der Waals surface area contributed by atoms with Gasteiger partial charge in [-0.2, -0.15) is 5.26 Å². The van der Waals surface area contributed by atoms with Gasteiger partial charge in [-0.1, -0.05) is 0 Å². The maximum absolute atomic E-state index is 13.6. The topological polar surface area (TPSA) is 23.8 Å². The van der Waals surface area contributed by atoms with Crippen molar-refractivity contribution in [3.63, 3.8) is 0 Å². The molecule has 0 N–H and O–H groups in total. The second-order valence-corrected chi connectivity index (χ2v) is 3.99. The molecular formula is C10H5ClFNS. The van der Waals surface area contributed by atoms with Crippen LogP contribution in [0.25, 0.3) is 10.1 Å². The molecule has 2 rings (SSSR count). The summed E-state index contributed by atoms with van der Waals surface area (Å²) in [5.41, 5.74) is 0.872. The van der Waals surface area contributed by atoms with Gasteiger partial charge in [-0.3, -0.25) is 0 Å². The van der Waals surface area contributed by atoms with Gasteiger partial charge in [0.05, 0.1) is 22.2 Å². The molecule has 0 amide bonds. The van der Waals surface area contributed by atoms with Crippen molar-refractivity contribution in [1.29, 1.82) is 5.26 Å². The van der Waals surface area contributed by atoms with Crippen LogP contribution < -0.4 is 0 Å². The summed E-state index contributed by atoms with van der Waals surface area (Å²) in [5.74, 6) is -0.210. The lowest BCUT2D eigenvalue weighted by Gasteiger charge is -2.01. The third kappa shape index (κ3) is 1.28. The molecule has 0 aliphatic heterocycles. The number of hydrogen-bond acceptors (Lipinski definition) is 2. The Labute approximate surface area is 89.3 Å². The standard InChI is InChI=1S/C10H5ClFNS/c11-4-6-3-7(5-13)8-1-2-14-10(8)9(6)12/h1-3H,4H2.